The summed E-state index contributed by atoms with van der Waals surface area (Å²) in [5, 5.41) is 21.7. The molecule has 0 aliphatic heterocycles. The van der Waals surface area contributed by atoms with E-state index >= 15 is 0 Å². The highest BCUT2D eigenvalue weighted by Gasteiger charge is 2.35. The smallest absolute Gasteiger partial charge is 0.235 e. The highest BCUT2D eigenvalue weighted by atomic mass is 16.3. The van der Waals surface area contributed by atoms with Crippen LogP contribution in [0.15, 0.2) is 0 Å². The molecule has 0 atom stereocenters. The van der Waals surface area contributed by atoms with Crippen LogP contribution in [0.3, 0.4) is 0 Å². The van der Waals surface area contributed by atoms with E-state index in [1.54, 1.807) is 25.8 Å². The predicted octanol–water partition coefficient (Wildman–Crippen LogP) is 0.642. The first kappa shape index (κ1) is 14.9. The molecule has 1 aliphatic carbocycles. The maximum atomic E-state index is 11.9. The summed E-state index contributed by atoms with van der Waals surface area (Å²) in [5.74, 6) is -0.148. The molecule has 1 amide bonds. The van der Waals surface area contributed by atoms with E-state index in [0.29, 0.717) is 6.54 Å². The Hall–Kier alpha value is -1.12. The average molecular weight is 253 g/mol. The monoisotopic (exact) mass is 253 g/mol. The predicted molar refractivity (Wildman–Crippen MR) is 68.7 cm³/mol. The molecular formula is C13H23N3O2. The van der Waals surface area contributed by atoms with Crippen LogP contribution < -0.4 is 5.32 Å². The third kappa shape index (κ3) is 4.63. The first-order chi connectivity index (χ1) is 8.26. The zero-order chi connectivity index (χ0) is 13.8. The normalized spacial score (nSPS) is 18.7. The second-order valence-electron chi connectivity index (χ2n) is 5.93. The van der Waals surface area contributed by atoms with Gasteiger partial charge < -0.3 is 10.4 Å². The third-order valence-electron chi connectivity index (χ3n) is 3.12. The second-order valence-corrected chi connectivity index (χ2v) is 5.93. The number of likely N-dealkylation sites (N-methyl/N-ethyl adjacent to an activating group) is 1. The van der Waals surface area contributed by atoms with Crippen molar-refractivity contribution in [3.8, 4) is 6.07 Å². The highest BCUT2D eigenvalue weighted by molar-refractivity contribution is 5.79. The van der Waals surface area contributed by atoms with Gasteiger partial charge in [0, 0.05) is 6.54 Å². The molecular weight excluding hydrogens is 230 g/mol. The molecule has 0 bridgehead atoms. The van der Waals surface area contributed by atoms with Gasteiger partial charge in [-0.05, 0) is 46.6 Å². The first-order valence-corrected chi connectivity index (χ1v) is 6.40. The number of carbonyl (C=O) groups is 1. The second kappa shape index (κ2) is 5.68. The van der Waals surface area contributed by atoms with Crippen LogP contribution in [0, 0.1) is 11.3 Å². The maximum Gasteiger partial charge on any atom is 0.235 e. The van der Waals surface area contributed by atoms with E-state index in [1.165, 1.54) is 0 Å². The Morgan fingerprint density at radius 2 is 2.06 bits per heavy atom. The highest BCUT2D eigenvalue weighted by Crippen LogP contribution is 2.28. The number of aliphatic hydroxyl groups is 1. The number of amides is 1. The minimum atomic E-state index is -0.824. The molecule has 18 heavy (non-hydrogen) atoms. The van der Waals surface area contributed by atoms with Gasteiger partial charge in [-0.1, -0.05) is 0 Å². The first-order valence-electron chi connectivity index (χ1n) is 6.40. The van der Waals surface area contributed by atoms with Gasteiger partial charge in [0.1, 0.15) is 5.54 Å². The van der Waals surface area contributed by atoms with Crippen molar-refractivity contribution in [1.82, 2.24) is 10.2 Å². The Morgan fingerprint density at radius 3 is 2.50 bits per heavy atom. The summed E-state index contributed by atoms with van der Waals surface area (Å²) >= 11 is 0. The third-order valence-corrected chi connectivity index (χ3v) is 3.12. The lowest BCUT2D eigenvalue weighted by Gasteiger charge is -2.27. The topological polar surface area (TPSA) is 76.4 Å². The molecule has 0 spiro atoms. The van der Waals surface area contributed by atoms with Crippen molar-refractivity contribution in [2.75, 3.05) is 20.1 Å². The van der Waals surface area contributed by atoms with Crippen LogP contribution in [0.25, 0.3) is 0 Å². The Kier molecular flexibility index (Phi) is 4.71. The number of carbonyl (C=O) groups excluding carboxylic acids is 1. The SMILES string of the molecule is CN(CC(=O)NC1(C#N)CCCC1)CC(C)(C)O. The van der Waals surface area contributed by atoms with E-state index in [2.05, 4.69) is 11.4 Å². The van der Waals surface area contributed by atoms with E-state index in [1.807, 2.05) is 0 Å². The van der Waals surface area contributed by atoms with Crippen molar-refractivity contribution < 1.29 is 9.90 Å². The summed E-state index contributed by atoms with van der Waals surface area (Å²) in [6, 6.07) is 2.23. The summed E-state index contributed by atoms with van der Waals surface area (Å²) in [6.45, 7) is 4.03. The molecule has 0 aromatic rings. The zero-order valence-electron chi connectivity index (χ0n) is 11.5. The summed E-state index contributed by atoms with van der Waals surface area (Å²) in [5.41, 5.74) is -1.48. The van der Waals surface area contributed by atoms with Crippen LogP contribution in [-0.2, 0) is 4.79 Å². The van der Waals surface area contributed by atoms with E-state index < -0.39 is 11.1 Å². The van der Waals surface area contributed by atoms with Crippen LogP contribution in [0.4, 0.5) is 0 Å². The van der Waals surface area contributed by atoms with E-state index in [4.69, 9.17) is 5.26 Å². The summed E-state index contributed by atoms with van der Waals surface area (Å²) in [7, 11) is 1.78. The summed E-state index contributed by atoms with van der Waals surface area (Å²) in [6.07, 6.45) is 3.47. The fraction of sp³-hybridized carbons (Fsp3) is 0.846. The molecule has 5 heteroatoms. The van der Waals surface area contributed by atoms with Crippen molar-refractivity contribution in [1.29, 1.82) is 5.26 Å². The molecule has 0 aromatic carbocycles. The van der Waals surface area contributed by atoms with Gasteiger partial charge in [0.2, 0.25) is 5.91 Å². The van der Waals surface area contributed by atoms with Crippen molar-refractivity contribution in [3.05, 3.63) is 0 Å². The van der Waals surface area contributed by atoms with Gasteiger partial charge in [-0.3, -0.25) is 9.69 Å². The van der Waals surface area contributed by atoms with Crippen molar-refractivity contribution >= 4 is 5.91 Å². The Bertz CT molecular complexity index is 335. The number of nitriles is 1. The van der Waals surface area contributed by atoms with Crippen molar-refractivity contribution in [2.24, 2.45) is 0 Å². The molecule has 1 aliphatic rings. The zero-order valence-corrected chi connectivity index (χ0v) is 11.5. The standard InChI is InChI=1S/C13H23N3O2/c1-12(2,18)10-16(3)8-11(17)15-13(9-14)6-4-5-7-13/h18H,4-8,10H2,1-3H3,(H,15,17). The number of hydrogen-bond acceptors (Lipinski definition) is 4. The van der Waals surface area contributed by atoms with Crippen LogP contribution in [-0.4, -0.2) is 47.2 Å². The van der Waals surface area contributed by atoms with E-state index in [9.17, 15) is 9.90 Å². The minimum absolute atomic E-state index is 0.148. The molecule has 1 saturated carbocycles. The summed E-state index contributed by atoms with van der Waals surface area (Å²) in [4.78, 5) is 13.6. The Balaban J connectivity index is 2.44. The van der Waals surface area contributed by atoms with Crippen molar-refractivity contribution in [2.45, 2.75) is 50.7 Å². The van der Waals surface area contributed by atoms with E-state index in [0.717, 1.165) is 25.7 Å². The van der Waals surface area contributed by atoms with Crippen LogP contribution in [0.2, 0.25) is 0 Å². The number of nitrogens with one attached hydrogen (secondary N) is 1. The van der Waals surface area contributed by atoms with E-state index in [-0.39, 0.29) is 12.5 Å². The molecule has 0 heterocycles. The van der Waals surface area contributed by atoms with Gasteiger partial charge in [0.15, 0.2) is 0 Å². The number of nitrogens with zero attached hydrogens (tertiary/aromatic N) is 2. The lowest BCUT2D eigenvalue weighted by atomic mass is 10.00. The van der Waals surface area contributed by atoms with Gasteiger partial charge in [-0.15, -0.1) is 0 Å². The maximum absolute atomic E-state index is 11.9. The van der Waals surface area contributed by atoms with Crippen LogP contribution in [0.1, 0.15) is 39.5 Å². The molecule has 5 nitrogen and oxygen atoms in total. The fourth-order valence-corrected chi connectivity index (χ4v) is 2.51. The fourth-order valence-electron chi connectivity index (χ4n) is 2.51. The van der Waals surface area contributed by atoms with Crippen LogP contribution >= 0.6 is 0 Å². The molecule has 0 unspecified atom stereocenters. The van der Waals surface area contributed by atoms with Gasteiger partial charge in [0.05, 0.1) is 18.2 Å². The molecule has 1 rings (SSSR count). The van der Waals surface area contributed by atoms with Crippen molar-refractivity contribution in [3.63, 3.8) is 0 Å². The largest absolute Gasteiger partial charge is 0.389 e. The molecule has 0 radical (unpaired) electrons. The van der Waals surface area contributed by atoms with Gasteiger partial charge in [0.25, 0.3) is 0 Å². The lowest BCUT2D eigenvalue weighted by Crippen LogP contribution is -2.49. The summed E-state index contributed by atoms with van der Waals surface area (Å²) < 4.78 is 0. The number of hydrogen-bond donors (Lipinski definition) is 2. The minimum Gasteiger partial charge on any atom is -0.389 e. The molecule has 102 valence electrons. The van der Waals surface area contributed by atoms with Gasteiger partial charge >= 0.3 is 0 Å². The molecule has 0 saturated heterocycles. The average Bonchev–Trinajstić information content (AvgIpc) is 2.63. The Morgan fingerprint density at radius 1 is 1.50 bits per heavy atom. The quantitative estimate of drug-likeness (QED) is 0.754. The Labute approximate surface area is 109 Å². The lowest BCUT2D eigenvalue weighted by molar-refractivity contribution is -0.123. The molecule has 2 N–H and O–H groups in total. The van der Waals surface area contributed by atoms with Crippen LogP contribution in [0.5, 0.6) is 0 Å². The molecule has 1 fully saturated rings. The molecule has 0 aromatic heterocycles. The number of rotatable bonds is 5. The van der Waals surface area contributed by atoms with Gasteiger partial charge in [-0.2, -0.15) is 5.26 Å². The van der Waals surface area contributed by atoms with Gasteiger partial charge in [-0.25, -0.2) is 0 Å².